The van der Waals surface area contributed by atoms with Crippen molar-refractivity contribution in [3.63, 3.8) is 0 Å². The lowest BCUT2D eigenvalue weighted by atomic mass is 9.97. The summed E-state index contributed by atoms with van der Waals surface area (Å²) < 4.78 is 5.95. The van der Waals surface area contributed by atoms with E-state index in [9.17, 15) is 14.4 Å². The standard InChI is InChI=1S/C24H27N3O4/c1-16-10-11-19(20(14-16)31-15-18-8-4-3-5-9-18)25-21(28)17(2)27-22(29)24(26-23(27)30)12-6-7-13-24/h3-5,8-11,14,17H,6-7,12-13,15H2,1-2H3,(H,25,28)(H,26,30). The van der Waals surface area contributed by atoms with Crippen LogP contribution in [0.2, 0.25) is 0 Å². The Hall–Kier alpha value is -3.35. The highest BCUT2D eigenvalue weighted by atomic mass is 16.5. The van der Waals surface area contributed by atoms with Gasteiger partial charge in [0.25, 0.3) is 5.91 Å². The summed E-state index contributed by atoms with van der Waals surface area (Å²) in [6.07, 6.45) is 3.04. The van der Waals surface area contributed by atoms with Gasteiger partial charge in [-0.3, -0.25) is 9.59 Å². The van der Waals surface area contributed by atoms with Crippen LogP contribution in [0, 0.1) is 6.92 Å². The van der Waals surface area contributed by atoms with Crippen LogP contribution in [-0.2, 0) is 16.2 Å². The molecule has 162 valence electrons. The lowest BCUT2D eigenvalue weighted by Gasteiger charge is -2.24. The van der Waals surface area contributed by atoms with E-state index < -0.39 is 23.5 Å². The number of amides is 4. The van der Waals surface area contributed by atoms with Crippen molar-refractivity contribution in [2.75, 3.05) is 5.32 Å². The highest BCUT2D eigenvalue weighted by molar-refractivity contribution is 6.11. The number of carbonyl (C=O) groups is 3. The van der Waals surface area contributed by atoms with E-state index in [1.54, 1.807) is 13.0 Å². The van der Waals surface area contributed by atoms with Crippen LogP contribution in [0.25, 0.3) is 0 Å². The number of nitrogens with one attached hydrogen (secondary N) is 2. The number of nitrogens with zero attached hydrogens (tertiary/aromatic N) is 1. The third-order valence-electron chi connectivity index (χ3n) is 6.05. The molecule has 2 fully saturated rings. The molecule has 0 radical (unpaired) electrons. The average molecular weight is 421 g/mol. The van der Waals surface area contributed by atoms with Gasteiger partial charge < -0.3 is 15.4 Å². The molecular formula is C24H27N3O4. The zero-order valence-electron chi connectivity index (χ0n) is 17.8. The van der Waals surface area contributed by atoms with Crippen molar-refractivity contribution in [1.82, 2.24) is 10.2 Å². The Kier molecular flexibility index (Phi) is 5.67. The van der Waals surface area contributed by atoms with Gasteiger partial charge in [-0.05, 0) is 49.9 Å². The smallest absolute Gasteiger partial charge is 0.325 e. The van der Waals surface area contributed by atoms with Crippen molar-refractivity contribution in [2.45, 2.75) is 57.7 Å². The van der Waals surface area contributed by atoms with Crippen LogP contribution in [0.3, 0.4) is 0 Å². The third kappa shape index (κ3) is 4.13. The van der Waals surface area contributed by atoms with Gasteiger partial charge in [-0.1, -0.05) is 49.2 Å². The Morgan fingerprint density at radius 2 is 1.87 bits per heavy atom. The summed E-state index contributed by atoms with van der Waals surface area (Å²) in [6, 6.07) is 13.8. The predicted octanol–water partition coefficient (Wildman–Crippen LogP) is 3.77. The quantitative estimate of drug-likeness (QED) is 0.695. The van der Waals surface area contributed by atoms with Crippen LogP contribution < -0.4 is 15.4 Å². The molecule has 4 amide bonds. The molecule has 1 spiro atoms. The van der Waals surface area contributed by atoms with Gasteiger partial charge in [0.1, 0.15) is 23.9 Å². The molecule has 7 heteroatoms. The van der Waals surface area contributed by atoms with E-state index >= 15 is 0 Å². The number of hydrogen-bond donors (Lipinski definition) is 2. The highest BCUT2D eigenvalue weighted by Crippen LogP contribution is 2.36. The summed E-state index contributed by atoms with van der Waals surface area (Å²) in [4.78, 5) is 39.5. The number of carbonyl (C=O) groups excluding carboxylic acids is 3. The highest BCUT2D eigenvalue weighted by Gasteiger charge is 2.54. The van der Waals surface area contributed by atoms with Gasteiger partial charge in [0.15, 0.2) is 0 Å². The van der Waals surface area contributed by atoms with Gasteiger partial charge >= 0.3 is 6.03 Å². The molecule has 1 aliphatic carbocycles. The first kappa shape index (κ1) is 20.9. The topological polar surface area (TPSA) is 87.7 Å². The first-order chi connectivity index (χ1) is 14.9. The van der Waals surface area contributed by atoms with Crippen LogP contribution >= 0.6 is 0 Å². The van der Waals surface area contributed by atoms with Crippen molar-refractivity contribution < 1.29 is 19.1 Å². The Morgan fingerprint density at radius 1 is 1.16 bits per heavy atom. The largest absolute Gasteiger partial charge is 0.487 e. The Balaban J connectivity index is 1.48. The second kappa shape index (κ2) is 8.41. The number of imide groups is 1. The number of aryl methyl sites for hydroxylation is 1. The Morgan fingerprint density at radius 3 is 2.58 bits per heavy atom. The fraction of sp³-hybridized carbons (Fsp3) is 0.375. The molecule has 2 aliphatic rings. The molecular weight excluding hydrogens is 394 g/mol. The number of hydrogen-bond acceptors (Lipinski definition) is 4. The van der Waals surface area contributed by atoms with Crippen LogP contribution in [0.1, 0.15) is 43.7 Å². The summed E-state index contributed by atoms with van der Waals surface area (Å²) in [5, 5.41) is 5.65. The molecule has 4 rings (SSSR count). The van der Waals surface area contributed by atoms with Gasteiger partial charge in [0.05, 0.1) is 5.69 Å². The zero-order valence-corrected chi connectivity index (χ0v) is 17.8. The number of urea groups is 1. The normalized spacial score (nSPS) is 18.2. The fourth-order valence-corrected chi connectivity index (χ4v) is 4.25. The van der Waals surface area contributed by atoms with Gasteiger partial charge in [-0.2, -0.15) is 0 Å². The molecule has 0 aromatic heterocycles. The van der Waals surface area contributed by atoms with Crippen LogP contribution in [0.5, 0.6) is 5.75 Å². The molecule has 2 N–H and O–H groups in total. The lowest BCUT2D eigenvalue weighted by Crippen LogP contribution is -2.48. The van der Waals surface area contributed by atoms with Gasteiger partial charge in [-0.15, -0.1) is 0 Å². The van der Waals surface area contributed by atoms with Crippen molar-refractivity contribution in [1.29, 1.82) is 0 Å². The molecule has 1 saturated heterocycles. The van der Waals surface area contributed by atoms with Gasteiger partial charge in [0.2, 0.25) is 5.91 Å². The van der Waals surface area contributed by atoms with Gasteiger partial charge in [-0.25, -0.2) is 9.69 Å². The SMILES string of the molecule is Cc1ccc(NC(=O)C(C)N2C(=O)NC3(CCCC3)C2=O)c(OCc2ccccc2)c1. The molecule has 1 atom stereocenters. The zero-order chi connectivity index (χ0) is 22.0. The molecule has 1 aliphatic heterocycles. The van der Waals surface area contributed by atoms with Crippen LogP contribution in [0.4, 0.5) is 10.5 Å². The monoisotopic (exact) mass is 421 g/mol. The maximum atomic E-state index is 13.0. The molecule has 31 heavy (non-hydrogen) atoms. The van der Waals surface area contributed by atoms with Crippen molar-refractivity contribution in [3.8, 4) is 5.75 Å². The molecule has 1 unspecified atom stereocenters. The summed E-state index contributed by atoms with van der Waals surface area (Å²) in [5.41, 5.74) is 1.67. The van der Waals surface area contributed by atoms with Crippen molar-refractivity contribution in [3.05, 3.63) is 59.7 Å². The molecule has 0 bridgehead atoms. The van der Waals surface area contributed by atoms with Crippen molar-refractivity contribution in [2.24, 2.45) is 0 Å². The fourth-order valence-electron chi connectivity index (χ4n) is 4.25. The minimum absolute atomic E-state index is 0.304. The van der Waals surface area contributed by atoms with E-state index in [-0.39, 0.29) is 5.91 Å². The summed E-state index contributed by atoms with van der Waals surface area (Å²) in [7, 11) is 0. The summed E-state index contributed by atoms with van der Waals surface area (Å²) >= 11 is 0. The van der Waals surface area contributed by atoms with Crippen molar-refractivity contribution >= 4 is 23.5 Å². The second-order valence-corrected chi connectivity index (χ2v) is 8.33. The minimum Gasteiger partial charge on any atom is -0.487 e. The van der Waals surface area contributed by atoms with E-state index in [2.05, 4.69) is 10.6 Å². The number of anilines is 1. The maximum Gasteiger partial charge on any atom is 0.325 e. The number of ether oxygens (including phenoxy) is 1. The second-order valence-electron chi connectivity index (χ2n) is 8.33. The number of rotatable bonds is 6. The molecule has 1 saturated carbocycles. The predicted molar refractivity (Wildman–Crippen MR) is 117 cm³/mol. The summed E-state index contributed by atoms with van der Waals surface area (Å²) in [5.74, 6) is -0.206. The summed E-state index contributed by atoms with van der Waals surface area (Å²) in [6.45, 7) is 3.87. The molecule has 1 heterocycles. The lowest BCUT2D eigenvalue weighted by molar-refractivity contribution is -0.136. The van der Waals surface area contributed by atoms with E-state index in [1.165, 1.54) is 0 Å². The first-order valence-corrected chi connectivity index (χ1v) is 10.6. The first-order valence-electron chi connectivity index (χ1n) is 10.6. The molecule has 7 nitrogen and oxygen atoms in total. The number of benzene rings is 2. The maximum absolute atomic E-state index is 13.0. The van der Waals surface area contributed by atoms with E-state index in [0.29, 0.717) is 30.9 Å². The average Bonchev–Trinajstić information content (AvgIpc) is 3.33. The third-order valence-corrected chi connectivity index (χ3v) is 6.05. The molecule has 2 aromatic rings. The van der Waals surface area contributed by atoms with E-state index in [0.717, 1.165) is 28.9 Å². The minimum atomic E-state index is -0.934. The Labute approximate surface area is 181 Å². The van der Waals surface area contributed by atoms with Gasteiger partial charge in [0, 0.05) is 0 Å². The van der Waals surface area contributed by atoms with E-state index in [4.69, 9.17) is 4.74 Å². The Bertz CT molecular complexity index is 999. The van der Waals surface area contributed by atoms with E-state index in [1.807, 2.05) is 49.4 Å². The van der Waals surface area contributed by atoms with Crippen LogP contribution in [-0.4, -0.2) is 34.3 Å². The molecule has 2 aromatic carbocycles. The van der Waals surface area contributed by atoms with Crippen LogP contribution in [0.15, 0.2) is 48.5 Å².